The Kier molecular flexibility index (Phi) is 2.37. The highest BCUT2D eigenvalue weighted by atomic mass is 19.4. The molecule has 0 aliphatic heterocycles. The molecule has 0 saturated heterocycles. The Morgan fingerprint density at radius 2 is 1.94 bits per heavy atom. The minimum Gasteiger partial charge on any atom is -0.372 e. The Bertz CT molecular complexity index is 524. The number of anilines is 1. The van der Waals surface area contributed by atoms with Gasteiger partial charge in [-0.15, -0.1) is 10.2 Å². The Morgan fingerprint density at radius 3 is 2.56 bits per heavy atom. The van der Waals surface area contributed by atoms with Crippen molar-refractivity contribution in [1.82, 2.24) is 15.2 Å². The summed E-state index contributed by atoms with van der Waals surface area (Å²) in [6.07, 6.45) is -3.65. The predicted octanol–water partition coefficient (Wildman–Crippen LogP) is 2.09. The number of hydrogen-bond donors (Lipinski definition) is 1. The molecule has 1 N–H and O–H groups in total. The van der Waals surface area contributed by atoms with Gasteiger partial charge in [0.05, 0.1) is 5.56 Å². The number of aromatic nitrogens is 3. The van der Waals surface area contributed by atoms with Crippen molar-refractivity contribution in [3.05, 3.63) is 23.9 Å². The maximum atomic E-state index is 12.4. The van der Waals surface area contributed by atoms with E-state index in [1.807, 2.05) is 0 Å². The van der Waals surface area contributed by atoms with Gasteiger partial charge in [0.2, 0.25) is 0 Å². The third kappa shape index (κ3) is 1.88. The van der Waals surface area contributed by atoms with Crippen molar-refractivity contribution in [3.8, 4) is 0 Å². The van der Waals surface area contributed by atoms with Crippen LogP contribution in [0.15, 0.2) is 18.3 Å². The van der Waals surface area contributed by atoms with Crippen LogP contribution in [0.1, 0.15) is 5.56 Å². The van der Waals surface area contributed by atoms with E-state index < -0.39 is 11.7 Å². The molecule has 0 saturated carbocycles. The van der Waals surface area contributed by atoms with Gasteiger partial charge in [-0.1, -0.05) is 0 Å². The molecule has 0 radical (unpaired) electrons. The molecule has 4 nitrogen and oxygen atoms in total. The van der Waals surface area contributed by atoms with E-state index in [1.165, 1.54) is 6.07 Å². The van der Waals surface area contributed by atoms with E-state index in [0.717, 1.165) is 12.3 Å². The average molecular weight is 228 g/mol. The van der Waals surface area contributed by atoms with Crippen molar-refractivity contribution in [3.63, 3.8) is 0 Å². The first kappa shape index (κ1) is 10.6. The van der Waals surface area contributed by atoms with Gasteiger partial charge in [0.25, 0.3) is 0 Å². The van der Waals surface area contributed by atoms with Crippen LogP contribution in [0.5, 0.6) is 0 Å². The van der Waals surface area contributed by atoms with Crippen molar-refractivity contribution in [1.29, 1.82) is 0 Å². The fraction of sp³-hybridized carbons (Fsp3) is 0.222. The van der Waals surface area contributed by atoms with Crippen LogP contribution in [0.3, 0.4) is 0 Å². The first-order valence-electron chi connectivity index (χ1n) is 4.39. The molecule has 0 aliphatic rings. The van der Waals surface area contributed by atoms with Gasteiger partial charge < -0.3 is 5.32 Å². The highest BCUT2D eigenvalue weighted by Crippen LogP contribution is 2.30. The molecule has 2 heterocycles. The van der Waals surface area contributed by atoms with Crippen molar-refractivity contribution in [2.45, 2.75) is 6.18 Å². The molecule has 0 fully saturated rings. The molecule has 7 heteroatoms. The number of nitrogens with zero attached hydrogens (tertiary/aromatic N) is 3. The molecular weight excluding hydrogens is 221 g/mol. The SMILES string of the molecule is CNc1cc2cc(C(F)(F)F)cnc2nn1. The molecule has 84 valence electrons. The van der Waals surface area contributed by atoms with Crippen LogP contribution in [-0.2, 0) is 6.18 Å². The Labute approximate surface area is 88.5 Å². The largest absolute Gasteiger partial charge is 0.417 e. The molecule has 0 spiro atoms. The topological polar surface area (TPSA) is 50.7 Å². The van der Waals surface area contributed by atoms with Crippen molar-refractivity contribution in [2.75, 3.05) is 12.4 Å². The molecule has 2 rings (SSSR count). The van der Waals surface area contributed by atoms with Gasteiger partial charge in [-0.2, -0.15) is 13.2 Å². The molecule has 0 aromatic carbocycles. The maximum absolute atomic E-state index is 12.4. The molecule has 0 unspecified atom stereocenters. The Hall–Kier alpha value is -1.92. The van der Waals surface area contributed by atoms with Gasteiger partial charge in [-0.25, -0.2) is 4.98 Å². The number of fused-ring (bicyclic) bond motifs is 1. The van der Waals surface area contributed by atoms with E-state index >= 15 is 0 Å². The molecule has 0 amide bonds. The number of pyridine rings is 1. The smallest absolute Gasteiger partial charge is 0.372 e. The third-order valence-corrected chi connectivity index (χ3v) is 2.02. The number of hydrogen-bond acceptors (Lipinski definition) is 4. The first-order chi connectivity index (χ1) is 7.50. The summed E-state index contributed by atoms with van der Waals surface area (Å²) in [5.41, 5.74) is -0.609. The predicted molar refractivity (Wildman–Crippen MR) is 51.9 cm³/mol. The van der Waals surface area contributed by atoms with E-state index in [-0.39, 0.29) is 5.65 Å². The molecule has 0 aliphatic carbocycles. The van der Waals surface area contributed by atoms with E-state index in [2.05, 4.69) is 20.5 Å². The van der Waals surface area contributed by atoms with E-state index in [1.54, 1.807) is 7.05 Å². The van der Waals surface area contributed by atoms with E-state index in [9.17, 15) is 13.2 Å². The molecule has 2 aromatic heterocycles. The van der Waals surface area contributed by atoms with E-state index in [0.29, 0.717) is 11.2 Å². The summed E-state index contributed by atoms with van der Waals surface area (Å²) in [6.45, 7) is 0. The first-order valence-corrected chi connectivity index (χ1v) is 4.39. The van der Waals surface area contributed by atoms with Crippen molar-refractivity contribution < 1.29 is 13.2 Å². The van der Waals surface area contributed by atoms with Gasteiger partial charge in [0, 0.05) is 18.6 Å². The normalized spacial score (nSPS) is 11.8. The summed E-state index contributed by atoms with van der Waals surface area (Å²) in [5, 5.41) is 10.4. The second-order valence-corrected chi connectivity index (χ2v) is 3.11. The second kappa shape index (κ2) is 3.58. The highest BCUT2D eigenvalue weighted by Gasteiger charge is 2.31. The van der Waals surface area contributed by atoms with Crippen LogP contribution in [0.25, 0.3) is 11.0 Å². The second-order valence-electron chi connectivity index (χ2n) is 3.11. The maximum Gasteiger partial charge on any atom is 0.417 e. The summed E-state index contributed by atoms with van der Waals surface area (Å²) in [5.74, 6) is 0.397. The lowest BCUT2D eigenvalue weighted by atomic mass is 10.2. The minimum absolute atomic E-state index is 0.187. The molecule has 16 heavy (non-hydrogen) atoms. The lowest BCUT2D eigenvalue weighted by Crippen LogP contribution is -2.06. The standard InChI is InChI=1S/C9H7F3N4/c1-13-7-3-5-2-6(9(10,11)12)4-14-8(5)16-15-7/h2-4H,1H3,(H,13,15). The Morgan fingerprint density at radius 1 is 1.19 bits per heavy atom. The van der Waals surface area contributed by atoms with Crippen LogP contribution in [0.4, 0.5) is 19.0 Å². The van der Waals surface area contributed by atoms with Crippen molar-refractivity contribution >= 4 is 16.9 Å². The molecule has 2 aromatic rings. The number of rotatable bonds is 1. The van der Waals surface area contributed by atoms with E-state index in [4.69, 9.17) is 0 Å². The summed E-state index contributed by atoms with van der Waals surface area (Å²) in [4.78, 5) is 3.60. The zero-order valence-corrected chi connectivity index (χ0v) is 8.21. The fourth-order valence-corrected chi connectivity index (χ4v) is 1.22. The summed E-state index contributed by atoms with van der Waals surface area (Å²) in [6, 6.07) is 2.46. The zero-order valence-electron chi connectivity index (χ0n) is 8.21. The quantitative estimate of drug-likeness (QED) is 0.811. The fourth-order valence-electron chi connectivity index (χ4n) is 1.22. The summed E-state index contributed by atoms with van der Waals surface area (Å²) in [7, 11) is 1.61. The van der Waals surface area contributed by atoms with Gasteiger partial charge >= 0.3 is 6.18 Å². The third-order valence-electron chi connectivity index (χ3n) is 2.02. The number of nitrogens with one attached hydrogen (secondary N) is 1. The highest BCUT2D eigenvalue weighted by molar-refractivity contribution is 5.77. The molecular formula is C9H7F3N4. The lowest BCUT2D eigenvalue weighted by Gasteiger charge is -2.06. The summed E-state index contributed by atoms with van der Waals surface area (Å²) >= 11 is 0. The van der Waals surface area contributed by atoms with Crippen LogP contribution in [-0.4, -0.2) is 22.2 Å². The number of halogens is 3. The monoisotopic (exact) mass is 228 g/mol. The van der Waals surface area contributed by atoms with Crippen LogP contribution >= 0.6 is 0 Å². The molecule has 0 bridgehead atoms. The minimum atomic E-state index is -4.40. The van der Waals surface area contributed by atoms with Crippen LogP contribution in [0, 0.1) is 0 Å². The summed E-state index contributed by atoms with van der Waals surface area (Å²) < 4.78 is 37.2. The van der Waals surface area contributed by atoms with Crippen LogP contribution in [0.2, 0.25) is 0 Å². The van der Waals surface area contributed by atoms with Crippen molar-refractivity contribution in [2.24, 2.45) is 0 Å². The molecule has 0 atom stereocenters. The number of alkyl halides is 3. The van der Waals surface area contributed by atoms with Gasteiger partial charge in [-0.05, 0) is 12.1 Å². The van der Waals surface area contributed by atoms with Gasteiger partial charge in [0.1, 0.15) is 5.82 Å². The van der Waals surface area contributed by atoms with Gasteiger partial charge in [0.15, 0.2) is 5.65 Å². The average Bonchev–Trinajstić information content (AvgIpc) is 2.26. The lowest BCUT2D eigenvalue weighted by molar-refractivity contribution is -0.137. The zero-order chi connectivity index (χ0) is 11.8. The Balaban J connectivity index is 2.59. The van der Waals surface area contributed by atoms with Crippen LogP contribution < -0.4 is 5.32 Å². The van der Waals surface area contributed by atoms with Gasteiger partial charge in [-0.3, -0.25) is 0 Å².